The maximum atomic E-state index is 12.2. The fourth-order valence-corrected chi connectivity index (χ4v) is 4.53. The molecule has 1 fully saturated rings. The number of rotatable bonds is 6. The molecule has 0 saturated carbocycles. The van der Waals surface area contributed by atoms with Crippen molar-refractivity contribution in [2.45, 2.75) is 26.3 Å². The summed E-state index contributed by atoms with van der Waals surface area (Å²) in [5.74, 6) is -0.510. The van der Waals surface area contributed by atoms with Gasteiger partial charge >= 0.3 is 0 Å². The summed E-state index contributed by atoms with van der Waals surface area (Å²) in [5, 5.41) is 11.9. The summed E-state index contributed by atoms with van der Waals surface area (Å²) >= 11 is 0. The van der Waals surface area contributed by atoms with Crippen molar-refractivity contribution in [3.05, 3.63) is 35.4 Å². The summed E-state index contributed by atoms with van der Waals surface area (Å²) < 4.78 is 22.9. The molecule has 134 valence electrons. The lowest BCUT2D eigenvalue weighted by Gasteiger charge is -2.20. The fraction of sp³-hybridized carbons (Fsp3) is 0.444. The van der Waals surface area contributed by atoms with Gasteiger partial charge < -0.3 is 10.2 Å². The Morgan fingerprint density at radius 3 is 2.44 bits per heavy atom. The number of hydrogen-bond donors (Lipinski definition) is 1. The molecule has 0 spiro atoms. The molecule has 0 bridgehead atoms. The molecule has 1 aromatic carbocycles. The van der Waals surface area contributed by atoms with Crippen LogP contribution in [0.4, 0.5) is 5.69 Å². The molecule has 25 heavy (non-hydrogen) atoms. The second kappa shape index (κ2) is 8.17. The predicted octanol–water partition coefficient (Wildman–Crippen LogP) is 1.74. The number of nitriles is 1. The number of carbonyl (C=O) groups is 1. The minimum Gasteiger partial charge on any atom is -0.372 e. The van der Waals surface area contributed by atoms with Crippen molar-refractivity contribution in [1.29, 1.82) is 5.26 Å². The van der Waals surface area contributed by atoms with Crippen molar-refractivity contribution in [3.8, 4) is 6.07 Å². The van der Waals surface area contributed by atoms with E-state index in [1.807, 2.05) is 30.3 Å². The van der Waals surface area contributed by atoms with E-state index in [4.69, 9.17) is 0 Å². The highest BCUT2D eigenvalue weighted by Gasteiger charge is 2.29. The third kappa shape index (κ3) is 5.07. The van der Waals surface area contributed by atoms with Crippen molar-refractivity contribution in [3.63, 3.8) is 0 Å². The number of hydrogen-bond acceptors (Lipinski definition) is 5. The number of nitrogens with one attached hydrogen (secondary N) is 1. The largest absolute Gasteiger partial charge is 0.372 e. The molecule has 1 aliphatic heterocycles. The molecule has 1 heterocycles. The van der Waals surface area contributed by atoms with Crippen LogP contribution in [0.3, 0.4) is 0 Å². The summed E-state index contributed by atoms with van der Waals surface area (Å²) in [6.45, 7) is 5.97. The first-order valence-corrected chi connectivity index (χ1v) is 10.2. The van der Waals surface area contributed by atoms with Crippen LogP contribution in [0.1, 0.15) is 25.8 Å². The Balaban J connectivity index is 2.09. The van der Waals surface area contributed by atoms with Crippen LogP contribution < -0.4 is 10.2 Å². The van der Waals surface area contributed by atoms with Crippen molar-refractivity contribution in [2.24, 2.45) is 0 Å². The normalized spacial score (nSPS) is 19.2. The van der Waals surface area contributed by atoms with E-state index in [0.29, 0.717) is 6.42 Å². The molecule has 1 saturated heterocycles. The summed E-state index contributed by atoms with van der Waals surface area (Å²) in [7, 11) is -3.07. The van der Waals surface area contributed by atoms with Crippen LogP contribution in [-0.2, 0) is 14.6 Å². The van der Waals surface area contributed by atoms with E-state index >= 15 is 0 Å². The summed E-state index contributed by atoms with van der Waals surface area (Å²) in [6.07, 6.45) is 1.91. The lowest BCUT2D eigenvalue weighted by atomic mass is 10.1. The van der Waals surface area contributed by atoms with Crippen LogP contribution >= 0.6 is 0 Å². The summed E-state index contributed by atoms with van der Waals surface area (Å²) in [6, 6.07) is 9.10. The molecule has 1 amide bonds. The molecular formula is C18H23N3O3S. The molecular weight excluding hydrogens is 338 g/mol. The number of amides is 1. The van der Waals surface area contributed by atoms with Gasteiger partial charge in [0.1, 0.15) is 11.6 Å². The predicted molar refractivity (Wildman–Crippen MR) is 98.8 cm³/mol. The van der Waals surface area contributed by atoms with Crippen molar-refractivity contribution in [1.82, 2.24) is 5.32 Å². The maximum Gasteiger partial charge on any atom is 0.262 e. The number of sulfone groups is 1. The smallest absolute Gasteiger partial charge is 0.262 e. The van der Waals surface area contributed by atoms with Crippen LogP contribution in [-0.4, -0.2) is 45.0 Å². The van der Waals surface area contributed by atoms with Gasteiger partial charge in [-0.3, -0.25) is 4.79 Å². The SMILES string of the molecule is CCN(CC)c1ccc(/C=C(/C#N)C(=O)N[C@H]2CCS(=O)(=O)C2)cc1. The minimum atomic E-state index is -3.07. The molecule has 0 aliphatic carbocycles. The van der Waals surface area contributed by atoms with Gasteiger partial charge in [0.05, 0.1) is 11.5 Å². The van der Waals surface area contributed by atoms with Gasteiger partial charge in [0.2, 0.25) is 0 Å². The standard InChI is InChI=1S/C18H23N3O3S/c1-3-21(4-2)17-7-5-14(6-8-17)11-15(12-19)18(22)20-16-9-10-25(23,24)13-16/h5-8,11,16H,3-4,9-10,13H2,1-2H3,(H,20,22)/b15-11-/t16-/m0/s1. The Morgan fingerprint density at radius 2 is 1.96 bits per heavy atom. The van der Waals surface area contributed by atoms with E-state index in [1.54, 1.807) is 0 Å². The number of anilines is 1. The van der Waals surface area contributed by atoms with Gasteiger partial charge in [-0.25, -0.2) is 8.42 Å². The van der Waals surface area contributed by atoms with Crippen LogP contribution in [0.15, 0.2) is 29.8 Å². The molecule has 6 nitrogen and oxygen atoms in total. The molecule has 1 N–H and O–H groups in total. The van der Waals surface area contributed by atoms with Gasteiger partial charge in [0, 0.05) is 24.8 Å². The molecule has 0 aromatic heterocycles. The Hall–Kier alpha value is -2.33. The number of nitrogens with zero attached hydrogens (tertiary/aromatic N) is 2. The second-order valence-corrected chi connectivity index (χ2v) is 8.24. The zero-order chi connectivity index (χ0) is 18.4. The third-order valence-corrected chi connectivity index (χ3v) is 6.03. The molecule has 0 radical (unpaired) electrons. The Kier molecular flexibility index (Phi) is 6.21. The second-order valence-electron chi connectivity index (χ2n) is 6.01. The van der Waals surface area contributed by atoms with Crippen molar-refractivity contribution >= 4 is 27.5 Å². The van der Waals surface area contributed by atoms with Gasteiger partial charge in [0.25, 0.3) is 5.91 Å². The van der Waals surface area contributed by atoms with E-state index in [1.165, 1.54) is 6.08 Å². The lowest BCUT2D eigenvalue weighted by Crippen LogP contribution is -2.36. The average molecular weight is 361 g/mol. The fourth-order valence-electron chi connectivity index (χ4n) is 2.86. The first-order valence-electron chi connectivity index (χ1n) is 8.36. The van der Waals surface area contributed by atoms with Gasteiger partial charge in [-0.15, -0.1) is 0 Å². The monoisotopic (exact) mass is 361 g/mol. The first kappa shape index (κ1) is 19.0. The molecule has 1 aliphatic rings. The molecule has 0 unspecified atom stereocenters. The Morgan fingerprint density at radius 1 is 1.32 bits per heavy atom. The van der Waals surface area contributed by atoms with E-state index in [9.17, 15) is 18.5 Å². The minimum absolute atomic E-state index is 0.0279. The van der Waals surface area contributed by atoms with Gasteiger partial charge in [-0.2, -0.15) is 5.26 Å². The van der Waals surface area contributed by atoms with Crippen molar-refractivity contribution < 1.29 is 13.2 Å². The van der Waals surface area contributed by atoms with Gasteiger partial charge in [-0.1, -0.05) is 12.1 Å². The first-order chi connectivity index (χ1) is 11.9. The lowest BCUT2D eigenvalue weighted by molar-refractivity contribution is -0.117. The zero-order valence-electron chi connectivity index (χ0n) is 14.5. The molecule has 1 aromatic rings. The van der Waals surface area contributed by atoms with Crippen LogP contribution in [0, 0.1) is 11.3 Å². The third-order valence-electron chi connectivity index (χ3n) is 4.27. The maximum absolute atomic E-state index is 12.2. The topological polar surface area (TPSA) is 90.3 Å². The van der Waals surface area contributed by atoms with Gasteiger partial charge in [0.15, 0.2) is 9.84 Å². The van der Waals surface area contributed by atoms with Crippen LogP contribution in [0.25, 0.3) is 6.08 Å². The highest BCUT2D eigenvalue weighted by molar-refractivity contribution is 7.91. The Labute approximate surface area is 149 Å². The average Bonchev–Trinajstić information content (AvgIpc) is 2.93. The van der Waals surface area contributed by atoms with E-state index in [-0.39, 0.29) is 17.1 Å². The number of benzene rings is 1. The number of carbonyl (C=O) groups excluding carboxylic acids is 1. The van der Waals surface area contributed by atoms with Crippen LogP contribution in [0.2, 0.25) is 0 Å². The van der Waals surface area contributed by atoms with E-state index < -0.39 is 21.8 Å². The summed E-state index contributed by atoms with van der Waals surface area (Å²) in [4.78, 5) is 14.4. The molecule has 7 heteroatoms. The molecule has 2 rings (SSSR count). The van der Waals surface area contributed by atoms with Crippen LogP contribution in [0.5, 0.6) is 0 Å². The van der Waals surface area contributed by atoms with E-state index in [2.05, 4.69) is 24.1 Å². The molecule has 1 atom stereocenters. The van der Waals surface area contributed by atoms with Crippen molar-refractivity contribution in [2.75, 3.05) is 29.5 Å². The highest BCUT2D eigenvalue weighted by atomic mass is 32.2. The van der Waals surface area contributed by atoms with Gasteiger partial charge in [-0.05, 0) is 44.0 Å². The highest BCUT2D eigenvalue weighted by Crippen LogP contribution is 2.17. The summed E-state index contributed by atoms with van der Waals surface area (Å²) in [5.41, 5.74) is 1.81. The zero-order valence-corrected chi connectivity index (χ0v) is 15.3. The quantitative estimate of drug-likeness (QED) is 0.616. The Bertz CT molecular complexity index is 788. The van der Waals surface area contributed by atoms with E-state index in [0.717, 1.165) is 24.3 Å².